The van der Waals surface area contributed by atoms with Gasteiger partial charge < -0.3 is 14.5 Å². The van der Waals surface area contributed by atoms with Crippen LogP contribution in [0.15, 0.2) is 52.2 Å². The fourth-order valence-electron chi connectivity index (χ4n) is 3.07. The number of piperazine rings is 1. The maximum Gasteiger partial charge on any atom is 0.328 e. The fraction of sp³-hybridized carbons (Fsp3) is 0.368. The Morgan fingerprint density at radius 2 is 1.75 bits per heavy atom. The molecule has 1 saturated heterocycles. The monoisotopic (exact) mass is 386 g/mol. The minimum absolute atomic E-state index is 0.269. The van der Waals surface area contributed by atoms with Gasteiger partial charge in [-0.25, -0.2) is 4.79 Å². The van der Waals surface area contributed by atoms with Crippen molar-refractivity contribution < 1.29 is 14.3 Å². The second-order valence-electron chi connectivity index (χ2n) is 6.52. The lowest BCUT2D eigenvalue weighted by Gasteiger charge is -2.37. The van der Waals surface area contributed by atoms with Crippen molar-refractivity contribution in [3.05, 3.63) is 63.4 Å². The molecule has 1 atom stereocenters. The molecule has 3 rings (SSSR count). The molecular weight excluding hydrogens is 364 g/mol. The van der Waals surface area contributed by atoms with Gasteiger partial charge in [0.2, 0.25) is 0 Å². The van der Waals surface area contributed by atoms with Crippen molar-refractivity contribution in [2.75, 3.05) is 31.1 Å². The first-order valence-corrected chi connectivity index (χ1v) is 9.02. The molecule has 9 heteroatoms. The van der Waals surface area contributed by atoms with Crippen LogP contribution in [-0.2, 0) is 20.9 Å². The summed E-state index contributed by atoms with van der Waals surface area (Å²) in [6.07, 6.45) is 0.256. The molecule has 1 aliphatic rings. The van der Waals surface area contributed by atoms with Gasteiger partial charge in [0, 0.05) is 44.1 Å². The highest BCUT2D eigenvalue weighted by atomic mass is 16.5. The zero-order chi connectivity index (χ0) is 20.1. The predicted molar refractivity (Wildman–Crippen MR) is 102 cm³/mol. The molecule has 0 unspecified atom stereocenters. The average Bonchev–Trinajstić information content (AvgIpc) is 2.70. The maximum absolute atomic E-state index is 12.6. The Balaban J connectivity index is 1.51. The molecule has 28 heavy (non-hydrogen) atoms. The molecule has 0 spiro atoms. The quantitative estimate of drug-likeness (QED) is 0.715. The summed E-state index contributed by atoms with van der Waals surface area (Å²) in [6, 6.07) is 11.1. The van der Waals surface area contributed by atoms with Gasteiger partial charge in [0.05, 0.1) is 0 Å². The number of hydrogen-bond acceptors (Lipinski definition) is 6. The van der Waals surface area contributed by atoms with Gasteiger partial charge in [-0.15, -0.1) is 0 Å². The van der Waals surface area contributed by atoms with Gasteiger partial charge in [-0.1, -0.05) is 18.2 Å². The van der Waals surface area contributed by atoms with Crippen molar-refractivity contribution in [1.29, 1.82) is 0 Å². The molecule has 0 radical (unpaired) electrons. The number of anilines is 1. The number of esters is 1. The summed E-state index contributed by atoms with van der Waals surface area (Å²) in [5, 5.41) is 0. The number of ether oxygens (including phenoxy) is 1. The van der Waals surface area contributed by atoms with Crippen LogP contribution >= 0.6 is 0 Å². The Bertz CT molecular complexity index is 945. The number of nitrogens with zero attached hydrogens (tertiary/aromatic N) is 3. The molecule has 0 saturated carbocycles. The average molecular weight is 386 g/mol. The molecule has 1 aromatic carbocycles. The standard InChI is InChI=1S/C19H22N4O5/c1-14(28-17(25)13-23-8-7-16(24)20-19(23)27)18(26)22-11-9-21(10-12-22)15-5-3-2-4-6-15/h2-8,14H,9-13H2,1H3,(H,20,24,27)/t14-/m0/s1. The number of benzene rings is 1. The van der Waals surface area contributed by atoms with E-state index in [-0.39, 0.29) is 12.5 Å². The van der Waals surface area contributed by atoms with Crippen LogP contribution in [0, 0.1) is 0 Å². The zero-order valence-electron chi connectivity index (χ0n) is 15.5. The van der Waals surface area contributed by atoms with E-state index in [0.29, 0.717) is 26.2 Å². The van der Waals surface area contributed by atoms with Crippen LogP contribution < -0.4 is 16.1 Å². The molecule has 2 aromatic rings. The number of aromatic amines is 1. The van der Waals surface area contributed by atoms with E-state index in [0.717, 1.165) is 16.3 Å². The third kappa shape index (κ3) is 4.67. The number of nitrogens with one attached hydrogen (secondary N) is 1. The number of carbonyl (C=O) groups is 2. The molecule has 1 fully saturated rings. The summed E-state index contributed by atoms with van der Waals surface area (Å²) in [7, 11) is 0. The third-order valence-corrected chi connectivity index (χ3v) is 4.56. The maximum atomic E-state index is 12.6. The van der Waals surface area contributed by atoms with Gasteiger partial charge in [0.25, 0.3) is 11.5 Å². The van der Waals surface area contributed by atoms with Crippen LogP contribution in [0.3, 0.4) is 0 Å². The topological polar surface area (TPSA) is 105 Å². The Hall–Kier alpha value is -3.36. The summed E-state index contributed by atoms with van der Waals surface area (Å²) >= 11 is 0. The highest BCUT2D eigenvalue weighted by Crippen LogP contribution is 2.16. The lowest BCUT2D eigenvalue weighted by atomic mass is 10.2. The second-order valence-corrected chi connectivity index (χ2v) is 6.52. The molecule has 0 aliphatic carbocycles. The Kier molecular flexibility index (Phi) is 5.93. The number of amides is 1. The number of para-hydroxylation sites is 1. The largest absolute Gasteiger partial charge is 0.451 e. The summed E-state index contributed by atoms with van der Waals surface area (Å²) in [6.45, 7) is 3.60. The van der Waals surface area contributed by atoms with Gasteiger partial charge in [-0.05, 0) is 19.1 Å². The minimum Gasteiger partial charge on any atom is -0.451 e. The van der Waals surface area contributed by atoms with Crippen LogP contribution in [0.2, 0.25) is 0 Å². The Morgan fingerprint density at radius 1 is 1.07 bits per heavy atom. The first-order chi connectivity index (χ1) is 13.4. The molecule has 1 aliphatic heterocycles. The lowest BCUT2D eigenvalue weighted by Crippen LogP contribution is -2.51. The summed E-state index contributed by atoms with van der Waals surface area (Å²) in [5.41, 5.74) is -0.145. The van der Waals surface area contributed by atoms with Crippen molar-refractivity contribution in [2.24, 2.45) is 0 Å². The second kappa shape index (κ2) is 8.55. The van der Waals surface area contributed by atoms with E-state index in [9.17, 15) is 19.2 Å². The van der Waals surface area contributed by atoms with E-state index in [4.69, 9.17) is 4.74 Å². The van der Waals surface area contributed by atoms with E-state index in [1.807, 2.05) is 30.3 Å². The van der Waals surface area contributed by atoms with Crippen LogP contribution in [0.5, 0.6) is 0 Å². The van der Waals surface area contributed by atoms with Crippen LogP contribution in [0.25, 0.3) is 0 Å². The highest BCUT2D eigenvalue weighted by molar-refractivity contribution is 5.83. The summed E-state index contributed by atoms with van der Waals surface area (Å²) in [5.74, 6) is -0.993. The van der Waals surface area contributed by atoms with Gasteiger partial charge >= 0.3 is 11.7 Å². The highest BCUT2D eigenvalue weighted by Gasteiger charge is 2.27. The van der Waals surface area contributed by atoms with Crippen LogP contribution in [0.4, 0.5) is 5.69 Å². The summed E-state index contributed by atoms with van der Waals surface area (Å²) in [4.78, 5) is 53.2. The molecular formula is C19H22N4O5. The van der Waals surface area contributed by atoms with E-state index in [1.165, 1.54) is 13.1 Å². The Labute approximate surface area is 161 Å². The van der Waals surface area contributed by atoms with Crippen LogP contribution in [0.1, 0.15) is 6.92 Å². The summed E-state index contributed by atoms with van der Waals surface area (Å²) < 4.78 is 6.18. The smallest absolute Gasteiger partial charge is 0.328 e. The normalized spacial score (nSPS) is 15.2. The van der Waals surface area contributed by atoms with Crippen molar-refractivity contribution in [2.45, 2.75) is 19.6 Å². The predicted octanol–water partition coefficient (Wildman–Crippen LogP) is -0.183. The van der Waals surface area contributed by atoms with Crippen molar-refractivity contribution in [3.63, 3.8) is 0 Å². The third-order valence-electron chi connectivity index (χ3n) is 4.56. The first kappa shape index (κ1) is 19.4. The van der Waals surface area contributed by atoms with Gasteiger partial charge in [-0.2, -0.15) is 0 Å². The number of hydrogen-bond donors (Lipinski definition) is 1. The molecule has 9 nitrogen and oxygen atoms in total. The molecule has 1 amide bonds. The molecule has 1 aromatic heterocycles. The first-order valence-electron chi connectivity index (χ1n) is 9.02. The number of aromatic nitrogens is 2. The van der Waals surface area contributed by atoms with E-state index >= 15 is 0 Å². The number of rotatable bonds is 5. The van der Waals surface area contributed by atoms with E-state index in [2.05, 4.69) is 9.88 Å². The fourth-order valence-corrected chi connectivity index (χ4v) is 3.07. The van der Waals surface area contributed by atoms with Crippen molar-refractivity contribution in [1.82, 2.24) is 14.5 Å². The van der Waals surface area contributed by atoms with Crippen molar-refractivity contribution >= 4 is 17.6 Å². The molecule has 1 N–H and O–H groups in total. The van der Waals surface area contributed by atoms with Crippen molar-refractivity contribution in [3.8, 4) is 0 Å². The zero-order valence-corrected chi connectivity index (χ0v) is 15.5. The number of H-pyrrole nitrogens is 1. The molecule has 148 valence electrons. The molecule has 0 bridgehead atoms. The van der Waals surface area contributed by atoms with Gasteiger partial charge in [-0.3, -0.25) is 23.9 Å². The lowest BCUT2D eigenvalue weighted by molar-refractivity contribution is -0.159. The van der Waals surface area contributed by atoms with E-state index < -0.39 is 23.3 Å². The van der Waals surface area contributed by atoms with Gasteiger partial charge in [0.15, 0.2) is 6.10 Å². The number of carbonyl (C=O) groups excluding carboxylic acids is 2. The van der Waals surface area contributed by atoms with E-state index in [1.54, 1.807) is 4.90 Å². The molecule has 2 heterocycles. The van der Waals surface area contributed by atoms with Gasteiger partial charge in [0.1, 0.15) is 6.54 Å². The Morgan fingerprint density at radius 3 is 2.39 bits per heavy atom. The minimum atomic E-state index is -0.950. The van der Waals surface area contributed by atoms with Crippen LogP contribution in [-0.4, -0.2) is 58.6 Å². The SMILES string of the molecule is C[C@H](OC(=O)Cn1ccc(=O)[nH]c1=O)C(=O)N1CCN(c2ccccc2)CC1.